The van der Waals surface area contributed by atoms with Crippen LogP contribution in [0.3, 0.4) is 0 Å². The molecule has 1 aromatic carbocycles. The van der Waals surface area contributed by atoms with E-state index in [9.17, 15) is 4.79 Å². The van der Waals surface area contributed by atoms with Crippen LogP contribution in [0.5, 0.6) is 0 Å². The fraction of sp³-hybridized carbons (Fsp3) is 0.273. The highest BCUT2D eigenvalue weighted by Gasteiger charge is 2.35. The second-order valence-electron chi connectivity index (χ2n) is 7.87. The van der Waals surface area contributed by atoms with Gasteiger partial charge in [0.25, 0.3) is 5.91 Å². The maximum absolute atomic E-state index is 12.7. The van der Waals surface area contributed by atoms with Crippen molar-refractivity contribution in [1.82, 2.24) is 9.58 Å². The van der Waals surface area contributed by atoms with E-state index in [0.29, 0.717) is 21.1 Å². The molecule has 2 aromatic rings. The zero-order valence-corrected chi connectivity index (χ0v) is 19.9. The molecular weight excluding hydrogens is 453 g/mol. The van der Waals surface area contributed by atoms with Gasteiger partial charge in [-0.1, -0.05) is 37.0 Å². The number of aryl methyl sites for hydroxylation is 1. The number of benzene rings is 1. The number of nitrogens with zero attached hydrogens (tertiary/aromatic N) is 4. The number of rotatable bonds is 4. The molecule has 0 bridgehead atoms. The average molecular weight is 474 g/mol. The molecule has 9 heteroatoms. The Balaban J connectivity index is 1.72. The quantitative estimate of drug-likeness (QED) is 0.547. The number of hydrazone groups is 1. The van der Waals surface area contributed by atoms with Crippen LogP contribution in [0.1, 0.15) is 37.2 Å². The number of nitrogens with one attached hydrogen (secondary N) is 1. The predicted octanol–water partition coefficient (Wildman–Crippen LogP) is 6.07. The molecular formula is C22H21Cl2N5OS. The van der Waals surface area contributed by atoms with Crippen molar-refractivity contribution in [3.8, 4) is 5.69 Å². The van der Waals surface area contributed by atoms with Crippen LogP contribution in [-0.4, -0.2) is 31.5 Å². The summed E-state index contributed by atoms with van der Waals surface area (Å²) >= 11 is 13.8. The van der Waals surface area contributed by atoms with E-state index in [-0.39, 0.29) is 11.4 Å². The van der Waals surface area contributed by atoms with Gasteiger partial charge in [0.15, 0.2) is 5.84 Å². The summed E-state index contributed by atoms with van der Waals surface area (Å²) in [5, 5.41) is 16.9. The van der Waals surface area contributed by atoms with Gasteiger partial charge in [0, 0.05) is 22.8 Å². The van der Waals surface area contributed by atoms with E-state index in [1.807, 2.05) is 30.5 Å². The van der Waals surface area contributed by atoms with Gasteiger partial charge in [-0.25, -0.2) is 0 Å². The number of amidine groups is 2. The Kier molecular flexibility index (Phi) is 5.85. The molecule has 1 amide bonds. The lowest BCUT2D eigenvalue weighted by molar-refractivity contribution is -0.114. The summed E-state index contributed by atoms with van der Waals surface area (Å²) in [6.45, 7) is 8.11. The summed E-state index contributed by atoms with van der Waals surface area (Å²) in [7, 11) is 0. The van der Waals surface area contributed by atoms with Crippen LogP contribution in [0.25, 0.3) is 11.8 Å². The lowest BCUT2D eigenvalue weighted by Gasteiger charge is -2.20. The number of thioether (sulfide) groups is 1. The summed E-state index contributed by atoms with van der Waals surface area (Å²) < 4.78 is 2.00. The third kappa shape index (κ3) is 4.10. The van der Waals surface area contributed by atoms with E-state index < -0.39 is 5.91 Å². The van der Waals surface area contributed by atoms with Crippen LogP contribution in [0.4, 0.5) is 0 Å². The van der Waals surface area contributed by atoms with Crippen LogP contribution >= 0.6 is 35.0 Å². The fourth-order valence-corrected chi connectivity index (χ4v) is 5.18. The largest absolute Gasteiger partial charge is 0.316 e. The number of carbonyl (C=O) groups is 1. The highest BCUT2D eigenvalue weighted by molar-refractivity contribution is 8.26. The van der Waals surface area contributed by atoms with Gasteiger partial charge >= 0.3 is 0 Å². The number of aromatic nitrogens is 1. The van der Waals surface area contributed by atoms with E-state index in [1.165, 1.54) is 16.8 Å². The first-order chi connectivity index (χ1) is 14.7. The van der Waals surface area contributed by atoms with Crippen LogP contribution in [0, 0.1) is 25.2 Å². The molecule has 0 unspecified atom stereocenters. The van der Waals surface area contributed by atoms with Crippen molar-refractivity contribution in [2.24, 2.45) is 16.0 Å². The summed E-state index contributed by atoms with van der Waals surface area (Å²) in [4.78, 5) is 16.9. The Labute approximate surface area is 195 Å². The molecule has 31 heavy (non-hydrogen) atoms. The normalized spacial score (nSPS) is 17.5. The van der Waals surface area contributed by atoms with Crippen molar-refractivity contribution in [3.63, 3.8) is 0 Å². The molecule has 0 spiro atoms. The monoisotopic (exact) mass is 473 g/mol. The zero-order valence-electron chi connectivity index (χ0n) is 17.5. The third-order valence-corrected chi connectivity index (χ3v) is 6.47. The zero-order chi connectivity index (χ0) is 22.4. The summed E-state index contributed by atoms with van der Waals surface area (Å²) in [6.07, 6.45) is 2.48. The maximum atomic E-state index is 12.7. The molecule has 2 aliphatic heterocycles. The summed E-state index contributed by atoms with van der Waals surface area (Å²) in [6, 6.07) is 7.30. The highest BCUT2D eigenvalue weighted by Crippen LogP contribution is 2.33. The third-order valence-electron chi connectivity index (χ3n) is 5.00. The molecule has 0 saturated heterocycles. The lowest BCUT2D eigenvalue weighted by Crippen LogP contribution is -2.35. The highest BCUT2D eigenvalue weighted by atomic mass is 35.5. The van der Waals surface area contributed by atoms with Gasteiger partial charge < -0.3 is 4.57 Å². The molecule has 4 rings (SSSR count). The van der Waals surface area contributed by atoms with Crippen LogP contribution in [0.15, 0.2) is 39.9 Å². The standard InChI is InChI=1S/C22H21Cl2N5OS/c1-11(2)7-19-27-29-20(25)16(21(30)26-22(29)31-19)9-14-8-12(3)28(13(14)4)18-6-5-15(23)10-17(18)24/h5-6,8-11,25H,7H2,1-4H3. The Morgan fingerprint density at radius 1 is 1.23 bits per heavy atom. The molecule has 0 atom stereocenters. The first-order valence-electron chi connectivity index (χ1n) is 9.79. The molecule has 0 radical (unpaired) electrons. The fourth-order valence-electron chi connectivity index (χ4n) is 3.59. The minimum atomic E-state index is -0.431. The van der Waals surface area contributed by atoms with Crippen molar-refractivity contribution in [1.29, 1.82) is 5.41 Å². The number of carbonyl (C=O) groups excluding carboxylic acids is 1. The van der Waals surface area contributed by atoms with E-state index in [0.717, 1.165) is 34.1 Å². The van der Waals surface area contributed by atoms with Crippen molar-refractivity contribution < 1.29 is 4.79 Å². The average Bonchev–Trinajstić information content (AvgIpc) is 3.19. The van der Waals surface area contributed by atoms with Gasteiger partial charge in [0.2, 0.25) is 5.17 Å². The summed E-state index contributed by atoms with van der Waals surface area (Å²) in [5.74, 6) is 0.0350. The van der Waals surface area contributed by atoms with E-state index in [4.69, 9.17) is 28.6 Å². The van der Waals surface area contributed by atoms with Crippen molar-refractivity contribution >= 4 is 63.0 Å². The minimum absolute atomic E-state index is 0.0376. The van der Waals surface area contributed by atoms with Gasteiger partial charge in [-0.2, -0.15) is 15.1 Å². The maximum Gasteiger partial charge on any atom is 0.283 e. The van der Waals surface area contributed by atoms with E-state index in [1.54, 1.807) is 18.2 Å². The van der Waals surface area contributed by atoms with Crippen LogP contribution < -0.4 is 0 Å². The molecule has 160 valence electrons. The molecule has 2 aliphatic rings. The first kappa shape index (κ1) is 21.9. The second-order valence-corrected chi connectivity index (χ2v) is 9.75. The number of amides is 1. The predicted molar refractivity (Wildman–Crippen MR) is 130 cm³/mol. The number of fused-ring (bicyclic) bond motifs is 1. The Hall–Kier alpha value is -2.35. The topological polar surface area (TPSA) is 73.8 Å². The molecule has 6 nitrogen and oxygen atoms in total. The van der Waals surface area contributed by atoms with Crippen molar-refractivity contribution in [2.75, 3.05) is 0 Å². The van der Waals surface area contributed by atoms with Gasteiger partial charge in [0.1, 0.15) is 5.04 Å². The smallest absolute Gasteiger partial charge is 0.283 e. The van der Waals surface area contributed by atoms with E-state index >= 15 is 0 Å². The number of hydrogen-bond donors (Lipinski definition) is 1. The Morgan fingerprint density at radius 2 is 1.97 bits per heavy atom. The molecule has 0 saturated carbocycles. The molecule has 1 aromatic heterocycles. The molecule has 3 heterocycles. The van der Waals surface area contributed by atoms with Gasteiger partial charge in [-0.15, -0.1) is 0 Å². The minimum Gasteiger partial charge on any atom is -0.316 e. The van der Waals surface area contributed by atoms with Gasteiger partial charge in [-0.05, 0) is 67.4 Å². The number of aliphatic imine (C=N–C) groups is 1. The van der Waals surface area contributed by atoms with Crippen LogP contribution in [-0.2, 0) is 4.79 Å². The number of halogens is 2. The molecule has 0 aliphatic carbocycles. The van der Waals surface area contributed by atoms with Crippen molar-refractivity contribution in [2.45, 2.75) is 34.1 Å². The van der Waals surface area contributed by atoms with E-state index in [2.05, 4.69) is 23.9 Å². The van der Waals surface area contributed by atoms with Crippen LogP contribution in [0.2, 0.25) is 10.0 Å². The van der Waals surface area contributed by atoms with Gasteiger partial charge in [-0.3, -0.25) is 10.2 Å². The second kappa shape index (κ2) is 8.30. The summed E-state index contributed by atoms with van der Waals surface area (Å²) in [5.41, 5.74) is 3.66. The van der Waals surface area contributed by atoms with Crippen molar-refractivity contribution in [3.05, 3.63) is 56.8 Å². The SMILES string of the molecule is Cc1cc(C=C2C(=N)N3N=C(CC(C)C)SC3=NC2=O)c(C)n1-c1ccc(Cl)cc1Cl. The molecule has 1 N–H and O–H groups in total. The number of hydrogen-bond acceptors (Lipinski definition) is 4. The Morgan fingerprint density at radius 3 is 2.65 bits per heavy atom. The lowest BCUT2D eigenvalue weighted by atomic mass is 10.1. The molecule has 0 fully saturated rings. The first-order valence-corrected chi connectivity index (χ1v) is 11.4. The Bertz CT molecular complexity index is 1210. The van der Waals surface area contributed by atoms with Gasteiger partial charge in [0.05, 0.1) is 16.3 Å².